The Labute approximate surface area is 66.2 Å². The average molecular weight is 163 g/mol. The molecule has 0 aromatic heterocycles. The highest BCUT2D eigenvalue weighted by molar-refractivity contribution is 4.78. The van der Waals surface area contributed by atoms with Crippen LogP contribution in [0, 0.1) is 11.8 Å². The lowest BCUT2D eigenvalue weighted by Gasteiger charge is -2.32. The zero-order valence-electron chi connectivity index (χ0n) is 7.03. The van der Waals surface area contributed by atoms with Crippen LogP contribution in [0.15, 0.2) is 0 Å². The predicted octanol–water partition coefficient (Wildman–Crippen LogP) is 2.23. The molecule has 0 aliphatic carbocycles. The van der Waals surface area contributed by atoms with Gasteiger partial charge in [0.15, 0.2) is 0 Å². The van der Waals surface area contributed by atoms with Gasteiger partial charge in [0, 0.05) is 13.0 Å². The summed E-state index contributed by atoms with van der Waals surface area (Å²) in [5.41, 5.74) is 0. The predicted molar refractivity (Wildman–Crippen MR) is 40.5 cm³/mol. The molecule has 1 N–H and O–H groups in total. The fourth-order valence-electron chi connectivity index (χ4n) is 1.51. The topological polar surface area (TPSA) is 12.0 Å². The maximum Gasteiger partial charge on any atom is 0.302 e. The average Bonchev–Trinajstić information content (AvgIpc) is 1.85. The zero-order chi connectivity index (χ0) is 8.48. The van der Waals surface area contributed by atoms with Crippen molar-refractivity contribution < 1.29 is 8.78 Å². The molecule has 0 amide bonds. The Bertz CT molecular complexity index is 134. The van der Waals surface area contributed by atoms with Crippen LogP contribution in [0.4, 0.5) is 8.78 Å². The van der Waals surface area contributed by atoms with Gasteiger partial charge >= 0.3 is 6.05 Å². The number of halogens is 2. The van der Waals surface area contributed by atoms with Crippen molar-refractivity contribution in [1.82, 2.24) is 5.32 Å². The SMILES string of the molecule is CC(C)C1CCNC(F)(F)C1. The molecule has 0 spiro atoms. The van der Waals surface area contributed by atoms with Crippen molar-refractivity contribution in [3.63, 3.8) is 0 Å². The molecule has 1 fully saturated rings. The number of piperidine rings is 1. The maximum atomic E-state index is 12.7. The molecule has 0 saturated carbocycles. The smallest absolute Gasteiger partial charge is 0.258 e. The number of rotatable bonds is 1. The Morgan fingerprint density at radius 1 is 1.45 bits per heavy atom. The van der Waals surface area contributed by atoms with E-state index in [0.29, 0.717) is 12.5 Å². The van der Waals surface area contributed by atoms with Gasteiger partial charge in [0.2, 0.25) is 0 Å². The van der Waals surface area contributed by atoms with E-state index in [1.807, 2.05) is 13.8 Å². The van der Waals surface area contributed by atoms with E-state index in [-0.39, 0.29) is 12.3 Å². The second-order valence-corrected chi connectivity index (χ2v) is 3.63. The second kappa shape index (κ2) is 3.05. The lowest BCUT2D eigenvalue weighted by Crippen LogP contribution is -2.45. The lowest BCUT2D eigenvalue weighted by atomic mass is 9.86. The molecule has 0 radical (unpaired) electrons. The number of nitrogens with one attached hydrogen (secondary N) is 1. The third kappa shape index (κ3) is 2.40. The van der Waals surface area contributed by atoms with Crippen molar-refractivity contribution in [1.29, 1.82) is 0 Å². The molecule has 0 aromatic rings. The molecular weight excluding hydrogens is 148 g/mol. The molecule has 0 aromatic carbocycles. The first kappa shape index (κ1) is 8.91. The molecule has 11 heavy (non-hydrogen) atoms. The molecule has 1 saturated heterocycles. The van der Waals surface area contributed by atoms with Gasteiger partial charge in [0.25, 0.3) is 0 Å². The summed E-state index contributed by atoms with van der Waals surface area (Å²) in [6.45, 7) is 4.47. The normalized spacial score (nSPS) is 30.8. The van der Waals surface area contributed by atoms with Gasteiger partial charge in [-0.1, -0.05) is 13.8 Å². The van der Waals surface area contributed by atoms with Crippen molar-refractivity contribution in [2.75, 3.05) is 6.54 Å². The van der Waals surface area contributed by atoms with E-state index in [1.54, 1.807) is 0 Å². The number of hydrogen-bond acceptors (Lipinski definition) is 1. The molecule has 1 heterocycles. The number of alkyl halides is 2. The van der Waals surface area contributed by atoms with Crippen LogP contribution in [-0.4, -0.2) is 12.6 Å². The standard InChI is InChI=1S/C8H15F2N/c1-6(2)7-3-4-11-8(9,10)5-7/h6-7,11H,3-5H2,1-2H3. The summed E-state index contributed by atoms with van der Waals surface area (Å²) < 4.78 is 25.4. The van der Waals surface area contributed by atoms with E-state index >= 15 is 0 Å². The summed E-state index contributed by atoms with van der Waals surface area (Å²) in [6.07, 6.45) is 0.887. The molecule has 1 rings (SSSR count). The summed E-state index contributed by atoms with van der Waals surface area (Å²) >= 11 is 0. The third-order valence-corrected chi connectivity index (χ3v) is 2.36. The quantitative estimate of drug-likeness (QED) is 0.584. The molecule has 3 heteroatoms. The van der Waals surface area contributed by atoms with Gasteiger partial charge in [-0.15, -0.1) is 0 Å². The van der Waals surface area contributed by atoms with E-state index < -0.39 is 6.05 Å². The van der Waals surface area contributed by atoms with E-state index in [9.17, 15) is 8.78 Å². The van der Waals surface area contributed by atoms with E-state index in [0.717, 1.165) is 6.42 Å². The Morgan fingerprint density at radius 2 is 2.09 bits per heavy atom. The fraction of sp³-hybridized carbons (Fsp3) is 1.00. The minimum Gasteiger partial charge on any atom is -0.258 e. The van der Waals surface area contributed by atoms with Crippen LogP contribution < -0.4 is 5.32 Å². The monoisotopic (exact) mass is 163 g/mol. The van der Waals surface area contributed by atoms with Crippen LogP contribution in [0.1, 0.15) is 26.7 Å². The van der Waals surface area contributed by atoms with Crippen molar-refractivity contribution in [2.24, 2.45) is 11.8 Å². The lowest BCUT2D eigenvalue weighted by molar-refractivity contribution is -0.0805. The fourth-order valence-corrected chi connectivity index (χ4v) is 1.51. The third-order valence-electron chi connectivity index (χ3n) is 2.36. The van der Waals surface area contributed by atoms with Crippen LogP contribution in [0.25, 0.3) is 0 Å². The van der Waals surface area contributed by atoms with Crippen LogP contribution >= 0.6 is 0 Å². The molecular formula is C8H15F2N. The Morgan fingerprint density at radius 3 is 2.45 bits per heavy atom. The van der Waals surface area contributed by atoms with Crippen molar-refractivity contribution in [3.05, 3.63) is 0 Å². The van der Waals surface area contributed by atoms with Gasteiger partial charge in [0.05, 0.1) is 0 Å². The van der Waals surface area contributed by atoms with Gasteiger partial charge in [-0.2, -0.15) is 8.78 Å². The maximum absolute atomic E-state index is 12.7. The van der Waals surface area contributed by atoms with Crippen LogP contribution in [0.5, 0.6) is 0 Å². The molecule has 1 aliphatic rings. The molecule has 66 valence electrons. The first-order chi connectivity index (χ1) is 5.01. The minimum absolute atomic E-state index is 0.00463. The summed E-state index contributed by atoms with van der Waals surface area (Å²) in [4.78, 5) is 0. The molecule has 1 unspecified atom stereocenters. The van der Waals surface area contributed by atoms with Crippen molar-refractivity contribution in [2.45, 2.75) is 32.7 Å². The Hall–Kier alpha value is -0.180. The molecule has 1 aliphatic heterocycles. The summed E-state index contributed by atoms with van der Waals surface area (Å²) in [6, 6.07) is -2.62. The second-order valence-electron chi connectivity index (χ2n) is 3.63. The van der Waals surface area contributed by atoms with E-state index in [2.05, 4.69) is 5.32 Å². The van der Waals surface area contributed by atoms with Gasteiger partial charge < -0.3 is 0 Å². The summed E-state index contributed by atoms with van der Waals surface area (Å²) in [5.74, 6) is 0.564. The molecule has 1 nitrogen and oxygen atoms in total. The summed E-state index contributed by atoms with van der Waals surface area (Å²) in [5, 5.41) is 2.21. The highest BCUT2D eigenvalue weighted by atomic mass is 19.3. The molecule has 0 bridgehead atoms. The van der Waals surface area contributed by atoms with E-state index in [4.69, 9.17) is 0 Å². The van der Waals surface area contributed by atoms with Gasteiger partial charge in [-0.25, -0.2) is 0 Å². The number of hydrogen-bond donors (Lipinski definition) is 1. The van der Waals surface area contributed by atoms with Crippen molar-refractivity contribution in [3.8, 4) is 0 Å². The van der Waals surface area contributed by atoms with Crippen LogP contribution in [0.2, 0.25) is 0 Å². The van der Waals surface area contributed by atoms with Gasteiger partial charge in [0.1, 0.15) is 0 Å². The minimum atomic E-state index is -2.62. The first-order valence-electron chi connectivity index (χ1n) is 4.14. The van der Waals surface area contributed by atoms with Crippen molar-refractivity contribution >= 4 is 0 Å². The van der Waals surface area contributed by atoms with Crippen LogP contribution in [0.3, 0.4) is 0 Å². The zero-order valence-corrected chi connectivity index (χ0v) is 7.03. The largest absolute Gasteiger partial charge is 0.302 e. The molecule has 1 atom stereocenters. The highest BCUT2D eigenvalue weighted by Crippen LogP contribution is 2.31. The Balaban J connectivity index is 2.46. The summed E-state index contributed by atoms with van der Waals surface area (Å²) in [7, 11) is 0. The van der Waals surface area contributed by atoms with Gasteiger partial charge in [-0.3, -0.25) is 5.32 Å². The Kier molecular flexibility index (Phi) is 2.47. The van der Waals surface area contributed by atoms with E-state index in [1.165, 1.54) is 0 Å². The van der Waals surface area contributed by atoms with Crippen LogP contribution in [-0.2, 0) is 0 Å². The van der Waals surface area contributed by atoms with Gasteiger partial charge in [-0.05, 0) is 18.3 Å². The first-order valence-corrected chi connectivity index (χ1v) is 4.14. The highest BCUT2D eigenvalue weighted by Gasteiger charge is 2.36.